The average molecular weight is 395 g/mol. The highest BCUT2D eigenvalue weighted by atomic mass is 32.1. The standard InChI is InChI=1S/C20H16N2O5S/c1-3-8-22-18(24)15(17(23)21-20(22)28)10-13-5-7-16(27-13)14-6-4-12(19(25)26)9-11(14)2/h3-7,9-10H,1,8H2,2H3,(H,25,26)(H,21,23,28)/p-1/b15-10+. The number of hydrogen-bond donors (Lipinski definition) is 1. The summed E-state index contributed by atoms with van der Waals surface area (Å²) < 4.78 is 5.73. The number of carbonyl (C=O) groups is 3. The predicted octanol–water partition coefficient (Wildman–Crippen LogP) is 1.43. The van der Waals surface area contributed by atoms with E-state index in [2.05, 4.69) is 11.9 Å². The highest BCUT2D eigenvalue weighted by molar-refractivity contribution is 7.80. The van der Waals surface area contributed by atoms with Crippen LogP contribution in [-0.2, 0) is 9.59 Å². The molecule has 0 bridgehead atoms. The Labute approximate surface area is 165 Å². The predicted molar refractivity (Wildman–Crippen MR) is 104 cm³/mol. The van der Waals surface area contributed by atoms with Gasteiger partial charge in [-0.15, -0.1) is 6.58 Å². The van der Waals surface area contributed by atoms with E-state index in [1.807, 2.05) is 0 Å². The topological polar surface area (TPSA) is 103 Å². The minimum Gasteiger partial charge on any atom is -0.545 e. The number of aromatic carboxylic acids is 1. The summed E-state index contributed by atoms with van der Waals surface area (Å²) in [5.74, 6) is -1.65. The van der Waals surface area contributed by atoms with E-state index in [0.29, 0.717) is 22.6 Å². The van der Waals surface area contributed by atoms with Gasteiger partial charge >= 0.3 is 0 Å². The minimum atomic E-state index is -1.26. The molecule has 3 rings (SSSR count). The molecule has 1 N–H and O–H groups in total. The maximum absolute atomic E-state index is 12.5. The zero-order valence-corrected chi connectivity index (χ0v) is 15.7. The molecule has 7 nitrogen and oxygen atoms in total. The van der Waals surface area contributed by atoms with E-state index in [4.69, 9.17) is 16.6 Å². The van der Waals surface area contributed by atoms with E-state index in [0.717, 1.165) is 0 Å². The molecule has 0 aliphatic carbocycles. The van der Waals surface area contributed by atoms with Crippen molar-refractivity contribution in [2.24, 2.45) is 0 Å². The maximum Gasteiger partial charge on any atom is 0.266 e. The molecule has 0 spiro atoms. The first-order valence-electron chi connectivity index (χ1n) is 8.23. The van der Waals surface area contributed by atoms with E-state index in [1.54, 1.807) is 25.1 Å². The Morgan fingerprint density at radius 2 is 2.07 bits per heavy atom. The summed E-state index contributed by atoms with van der Waals surface area (Å²) in [5.41, 5.74) is 1.33. The van der Waals surface area contributed by atoms with Crippen molar-refractivity contribution < 1.29 is 23.9 Å². The third-order valence-electron chi connectivity index (χ3n) is 4.14. The Morgan fingerprint density at radius 3 is 2.71 bits per heavy atom. The van der Waals surface area contributed by atoms with Crippen LogP contribution in [0.25, 0.3) is 17.4 Å². The van der Waals surface area contributed by atoms with Crippen molar-refractivity contribution in [1.82, 2.24) is 10.2 Å². The summed E-state index contributed by atoms with van der Waals surface area (Å²) in [6, 6.07) is 7.80. The molecule has 142 valence electrons. The normalized spacial score (nSPS) is 15.7. The van der Waals surface area contributed by atoms with E-state index in [9.17, 15) is 19.5 Å². The molecule has 1 aliphatic rings. The number of amides is 2. The second kappa shape index (κ2) is 7.61. The van der Waals surface area contributed by atoms with Crippen molar-refractivity contribution >= 4 is 41.2 Å². The molecule has 1 aromatic heterocycles. The second-order valence-corrected chi connectivity index (χ2v) is 6.43. The number of carbonyl (C=O) groups excluding carboxylic acids is 3. The van der Waals surface area contributed by atoms with Gasteiger partial charge in [-0.25, -0.2) is 0 Å². The van der Waals surface area contributed by atoms with Crippen LogP contribution in [0.3, 0.4) is 0 Å². The summed E-state index contributed by atoms with van der Waals surface area (Å²) in [4.78, 5) is 36.9. The minimum absolute atomic E-state index is 0.0239. The second-order valence-electron chi connectivity index (χ2n) is 6.04. The van der Waals surface area contributed by atoms with E-state index >= 15 is 0 Å². The van der Waals surface area contributed by atoms with Gasteiger partial charge in [0.1, 0.15) is 17.1 Å². The first-order chi connectivity index (χ1) is 13.3. The van der Waals surface area contributed by atoms with Crippen LogP contribution in [0.15, 0.2) is 53.0 Å². The molecule has 0 unspecified atom stereocenters. The number of benzene rings is 1. The fourth-order valence-electron chi connectivity index (χ4n) is 2.77. The van der Waals surface area contributed by atoms with Gasteiger partial charge in [-0.3, -0.25) is 19.8 Å². The van der Waals surface area contributed by atoms with Crippen LogP contribution in [0.2, 0.25) is 0 Å². The van der Waals surface area contributed by atoms with E-state index < -0.39 is 17.8 Å². The largest absolute Gasteiger partial charge is 0.545 e. The number of nitrogens with zero attached hydrogens (tertiary/aromatic N) is 1. The molecule has 0 saturated carbocycles. The van der Waals surface area contributed by atoms with Gasteiger partial charge in [0.2, 0.25) is 0 Å². The van der Waals surface area contributed by atoms with Gasteiger partial charge in [-0.05, 0) is 54.5 Å². The first-order valence-corrected chi connectivity index (χ1v) is 8.64. The SMILES string of the molecule is C=CCN1C(=O)/C(=C/c2ccc(-c3ccc(C(=O)[O-])cc3C)o2)C(=O)NC1=S. The van der Waals surface area contributed by atoms with Crippen molar-refractivity contribution in [1.29, 1.82) is 0 Å². The molecule has 1 fully saturated rings. The fraction of sp³-hybridized carbons (Fsp3) is 0.100. The first kappa shape index (κ1) is 19.2. The monoisotopic (exact) mass is 395 g/mol. The molecular formula is C20H15N2O5S-. The highest BCUT2D eigenvalue weighted by Crippen LogP contribution is 2.27. The summed E-state index contributed by atoms with van der Waals surface area (Å²) in [5, 5.41) is 13.4. The third kappa shape index (κ3) is 3.63. The quantitative estimate of drug-likeness (QED) is 0.356. The van der Waals surface area contributed by atoms with Gasteiger partial charge < -0.3 is 14.3 Å². The van der Waals surface area contributed by atoms with Gasteiger partial charge in [0, 0.05) is 12.1 Å². The lowest BCUT2D eigenvalue weighted by molar-refractivity contribution is -0.255. The number of aryl methyl sites for hydroxylation is 1. The molecule has 1 aliphatic heterocycles. The Morgan fingerprint density at radius 1 is 1.32 bits per heavy atom. The zero-order valence-electron chi connectivity index (χ0n) is 14.9. The van der Waals surface area contributed by atoms with Crippen LogP contribution in [0.5, 0.6) is 0 Å². The Kier molecular flexibility index (Phi) is 5.23. The van der Waals surface area contributed by atoms with Crippen LogP contribution < -0.4 is 10.4 Å². The van der Waals surface area contributed by atoms with E-state index in [-0.39, 0.29) is 22.8 Å². The van der Waals surface area contributed by atoms with Crippen molar-refractivity contribution in [3.8, 4) is 11.3 Å². The Hall–Kier alpha value is -3.52. The van der Waals surface area contributed by atoms with Crippen LogP contribution in [0.1, 0.15) is 21.7 Å². The zero-order chi connectivity index (χ0) is 20.4. The van der Waals surface area contributed by atoms with Crippen molar-refractivity contribution in [2.75, 3.05) is 6.54 Å². The molecule has 8 heteroatoms. The smallest absolute Gasteiger partial charge is 0.266 e. The summed E-state index contributed by atoms with van der Waals surface area (Å²) in [7, 11) is 0. The van der Waals surface area contributed by atoms with Crippen molar-refractivity contribution in [2.45, 2.75) is 6.92 Å². The molecule has 2 aromatic rings. The summed E-state index contributed by atoms with van der Waals surface area (Å²) >= 11 is 5.00. The molecule has 2 heterocycles. The number of furan rings is 1. The third-order valence-corrected chi connectivity index (χ3v) is 4.46. The van der Waals surface area contributed by atoms with Crippen LogP contribution in [-0.4, -0.2) is 34.3 Å². The Bertz CT molecular complexity index is 1050. The molecule has 28 heavy (non-hydrogen) atoms. The highest BCUT2D eigenvalue weighted by Gasteiger charge is 2.32. The number of carboxylic acids is 1. The molecule has 0 atom stereocenters. The number of carboxylic acid groups (broad SMARTS) is 1. The number of hydrogen-bond acceptors (Lipinski definition) is 6. The Balaban J connectivity index is 1.92. The molecule has 0 radical (unpaired) electrons. The fourth-order valence-corrected chi connectivity index (χ4v) is 3.02. The number of nitrogens with one attached hydrogen (secondary N) is 1. The summed E-state index contributed by atoms with van der Waals surface area (Å²) in [6.07, 6.45) is 2.84. The average Bonchev–Trinajstić information content (AvgIpc) is 3.10. The van der Waals surface area contributed by atoms with Gasteiger partial charge in [0.05, 0.1) is 5.97 Å². The van der Waals surface area contributed by atoms with Gasteiger partial charge in [0.15, 0.2) is 5.11 Å². The molecular weight excluding hydrogens is 380 g/mol. The lowest BCUT2D eigenvalue weighted by Crippen LogP contribution is -2.53. The van der Waals surface area contributed by atoms with Crippen molar-refractivity contribution in [3.63, 3.8) is 0 Å². The summed E-state index contributed by atoms with van der Waals surface area (Å²) in [6.45, 7) is 5.48. The number of thiocarbonyl (C=S) groups is 1. The molecule has 1 aromatic carbocycles. The van der Waals surface area contributed by atoms with E-state index in [1.165, 1.54) is 29.2 Å². The van der Waals surface area contributed by atoms with Crippen molar-refractivity contribution in [3.05, 3.63) is 65.4 Å². The van der Waals surface area contributed by atoms with Crippen LogP contribution in [0, 0.1) is 6.92 Å². The number of rotatable bonds is 5. The van der Waals surface area contributed by atoms with Gasteiger partial charge in [0.25, 0.3) is 11.8 Å². The van der Waals surface area contributed by atoms with Gasteiger partial charge in [-0.1, -0.05) is 18.2 Å². The van der Waals surface area contributed by atoms with Crippen LogP contribution >= 0.6 is 12.2 Å². The molecule has 1 saturated heterocycles. The lowest BCUT2D eigenvalue weighted by Gasteiger charge is -2.27. The van der Waals surface area contributed by atoms with Gasteiger partial charge in [-0.2, -0.15) is 0 Å². The lowest BCUT2D eigenvalue weighted by atomic mass is 10.0. The maximum atomic E-state index is 12.5. The van der Waals surface area contributed by atoms with Crippen LogP contribution in [0.4, 0.5) is 0 Å². The molecule has 2 amide bonds.